The highest BCUT2D eigenvalue weighted by Gasteiger charge is 2.34. The molecule has 1 aliphatic rings. The fraction of sp³-hybridized carbons (Fsp3) is 0.583. The van der Waals surface area contributed by atoms with E-state index in [1.54, 1.807) is 6.92 Å². The molecule has 0 bridgehead atoms. The molecule has 6 unspecified atom stereocenters. The molecule has 6 N–H and O–H groups in total. The van der Waals surface area contributed by atoms with Crippen molar-refractivity contribution in [2.45, 2.75) is 76.7 Å². The average molecular weight is 477 g/mol. The predicted octanol–water partition coefficient (Wildman–Crippen LogP) is -0.0530. The zero-order chi connectivity index (χ0) is 25.3. The molecule has 2 rings (SSSR count). The zero-order valence-corrected chi connectivity index (χ0v) is 19.9. The quantitative estimate of drug-likeness (QED) is 0.247. The molecule has 0 saturated carbocycles. The van der Waals surface area contributed by atoms with Crippen molar-refractivity contribution in [3.8, 4) is 0 Å². The highest BCUT2D eigenvalue weighted by atomic mass is 16.4. The molecule has 3 amide bonds. The van der Waals surface area contributed by atoms with E-state index in [1.165, 1.54) is 6.92 Å². The van der Waals surface area contributed by atoms with Gasteiger partial charge in [-0.2, -0.15) is 0 Å². The third-order valence-electron chi connectivity index (χ3n) is 6.13. The van der Waals surface area contributed by atoms with E-state index in [-0.39, 0.29) is 24.3 Å². The molecule has 1 aliphatic heterocycles. The first kappa shape index (κ1) is 27.3. The van der Waals surface area contributed by atoms with E-state index in [0.29, 0.717) is 12.8 Å². The maximum absolute atomic E-state index is 13.3. The lowest BCUT2D eigenvalue weighted by molar-refractivity contribution is -0.145. The number of rotatable bonds is 12. The van der Waals surface area contributed by atoms with Crippen LogP contribution in [-0.4, -0.2) is 70.7 Å². The monoisotopic (exact) mass is 476 g/mol. The lowest BCUT2D eigenvalue weighted by Crippen LogP contribution is -2.60. The summed E-state index contributed by atoms with van der Waals surface area (Å²) in [4.78, 5) is 50.3. The van der Waals surface area contributed by atoms with E-state index in [2.05, 4.69) is 21.3 Å². The van der Waals surface area contributed by atoms with E-state index in [0.717, 1.165) is 18.5 Å². The average Bonchev–Trinajstić information content (AvgIpc) is 3.35. The standard InChI is InChI=1S/C24H36N4O6/c1-4-14(2)19(23(32)28-20(15(3)29)24(33)34)27-22(31)18(13-16-9-6-5-7-10-16)26-21(30)17-11-8-12-25-17/h5-7,9-10,14-15,17-20,25,29H,4,8,11-13H2,1-3H3,(H,26,30)(H,27,31)(H,28,32)(H,33,34). The van der Waals surface area contributed by atoms with Crippen LogP contribution in [0.15, 0.2) is 30.3 Å². The maximum Gasteiger partial charge on any atom is 0.328 e. The van der Waals surface area contributed by atoms with Crippen LogP contribution in [0.4, 0.5) is 0 Å². The topological polar surface area (TPSA) is 157 Å². The van der Waals surface area contributed by atoms with Crippen LogP contribution in [-0.2, 0) is 25.6 Å². The van der Waals surface area contributed by atoms with Crippen LogP contribution in [0.1, 0.15) is 45.6 Å². The van der Waals surface area contributed by atoms with Gasteiger partial charge in [0.1, 0.15) is 12.1 Å². The summed E-state index contributed by atoms with van der Waals surface area (Å²) in [5.74, 6) is -3.23. The summed E-state index contributed by atoms with van der Waals surface area (Å²) in [7, 11) is 0. The van der Waals surface area contributed by atoms with Gasteiger partial charge in [0.15, 0.2) is 6.04 Å². The predicted molar refractivity (Wildman–Crippen MR) is 126 cm³/mol. The van der Waals surface area contributed by atoms with Crippen molar-refractivity contribution in [1.29, 1.82) is 0 Å². The molecule has 1 heterocycles. The first-order valence-corrected chi connectivity index (χ1v) is 11.7. The second-order valence-corrected chi connectivity index (χ2v) is 8.84. The third-order valence-corrected chi connectivity index (χ3v) is 6.13. The van der Waals surface area contributed by atoms with Gasteiger partial charge in [-0.15, -0.1) is 0 Å². The molecular formula is C24H36N4O6. The van der Waals surface area contributed by atoms with E-state index >= 15 is 0 Å². The van der Waals surface area contributed by atoms with Crippen LogP contribution >= 0.6 is 0 Å². The van der Waals surface area contributed by atoms with Gasteiger partial charge in [-0.1, -0.05) is 50.6 Å². The summed E-state index contributed by atoms with van der Waals surface area (Å²) in [5.41, 5.74) is 0.840. The molecule has 10 heteroatoms. The fourth-order valence-electron chi connectivity index (χ4n) is 3.83. The summed E-state index contributed by atoms with van der Waals surface area (Å²) in [6.07, 6.45) is 0.994. The van der Waals surface area contributed by atoms with E-state index in [9.17, 15) is 29.4 Å². The molecule has 34 heavy (non-hydrogen) atoms. The van der Waals surface area contributed by atoms with Gasteiger partial charge in [-0.05, 0) is 37.8 Å². The number of nitrogens with one attached hydrogen (secondary N) is 4. The van der Waals surface area contributed by atoms with Crippen LogP contribution in [0.25, 0.3) is 0 Å². The number of carbonyl (C=O) groups is 4. The largest absolute Gasteiger partial charge is 0.480 e. The van der Waals surface area contributed by atoms with E-state index < -0.39 is 42.0 Å². The van der Waals surface area contributed by atoms with Crippen molar-refractivity contribution < 1.29 is 29.4 Å². The molecule has 0 spiro atoms. The Kier molecular flexibility index (Phi) is 10.5. The van der Waals surface area contributed by atoms with Crippen molar-refractivity contribution >= 4 is 23.7 Å². The number of carboxylic acids is 1. The van der Waals surface area contributed by atoms with Gasteiger partial charge in [-0.3, -0.25) is 14.4 Å². The van der Waals surface area contributed by atoms with Crippen molar-refractivity contribution in [2.24, 2.45) is 5.92 Å². The van der Waals surface area contributed by atoms with Crippen LogP contribution < -0.4 is 21.3 Å². The Morgan fingerprint density at radius 2 is 1.68 bits per heavy atom. The lowest BCUT2D eigenvalue weighted by atomic mass is 9.96. The Hall–Kier alpha value is -2.98. The first-order chi connectivity index (χ1) is 16.1. The van der Waals surface area contributed by atoms with E-state index in [4.69, 9.17) is 0 Å². The van der Waals surface area contributed by atoms with Crippen LogP contribution in [0, 0.1) is 5.92 Å². The Morgan fingerprint density at radius 3 is 2.21 bits per heavy atom. The number of hydrogen-bond acceptors (Lipinski definition) is 6. The summed E-state index contributed by atoms with van der Waals surface area (Å²) in [6, 6.07) is 5.36. The number of aliphatic hydroxyl groups is 1. The molecule has 1 saturated heterocycles. The molecule has 1 aromatic carbocycles. The Balaban J connectivity index is 2.20. The lowest BCUT2D eigenvalue weighted by Gasteiger charge is -2.28. The van der Waals surface area contributed by atoms with Gasteiger partial charge < -0.3 is 31.5 Å². The van der Waals surface area contributed by atoms with Gasteiger partial charge in [-0.25, -0.2) is 4.79 Å². The number of aliphatic hydroxyl groups excluding tert-OH is 1. The molecule has 0 aliphatic carbocycles. The van der Waals surface area contributed by atoms with Gasteiger partial charge in [0.2, 0.25) is 17.7 Å². The molecular weight excluding hydrogens is 440 g/mol. The molecule has 10 nitrogen and oxygen atoms in total. The van der Waals surface area contributed by atoms with Crippen molar-refractivity contribution in [1.82, 2.24) is 21.3 Å². The van der Waals surface area contributed by atoms with Gasteiger partial charge in [0.05, 0.1) is 12.1 Å². The molecule has 1 aromatic rings. The minimum absolute atomic E-state index is 0.228. The van der Waals surface area contributed by atoms with E-state index in [1.807, 2.05) is 37.3 Å². The summed E-state index contributed by atoms with van der Waals surface area (Å²) in [5, 5.41) is 29.9. The maximum atomic E-state index is 13.3. The molecule has 188 valence electrons. The van der Waals surface area contributed by atoms with Gasteiger partial charge >= 0.3 is 5.97 Å². The number of carboxylic acid groups (broad SMARTS) is 1. The van der Waals surface area contributed by atoms with Gasteiger partial charge in [0.25, 0.3) is 0 Å². The number of carbonyl (C=O) groups excluding carboxylic acids is 3. The number of benzene rings is 1. The molecule has 6 atom stereocenters. The van der Waals surface area contributed by atoms with Gasteiger partial charge in [0, 0.05) is 6.42 Å². The highest BCUT2D eigenvalue weighted by molar-refractivity contribution is 5.94. The highest BCUT2D eigenvalue weighted by Crippen LogP contribution is 2.12. The summed E-state index contributed by atoms with van der Waals surface area (Å²) in [6.45, 7) is 5.60. The second kappa shape index (κ2) is 13.0. The number of hydrogen-bond donors (Lipinski definition) is 6. The molecule has 0 aromatic heterocycles. The summed E-state index contributed by atoms with van der Waals surface area (Å²) >= 11 is 0. The normalized spacial score (nSPS) is 19.8. The number of amides is 3. The number of aliphatic carboxylic acids is 1. The Morgan fingerprint density at radius 1 is 1.03 bits per heavy atom. The minimum atomic E-state index is -1.51. The van der Waals surface area contributed by atoms with Crippen molar-refractivity contribution in [3.05, 3.63) is 35.9 Å². The van der Waals surface area contributed by atoms with Crippen LogP contribution in [0.5, 0.6) is 0 Å². The molecule has 0 radical (unpaired) electrons. The van der Waals surface area contributed by atoms with Crippen LogP contribution in [0.3, 0.4) is 0 Å². The SMILES string of the molecule is CCC(C)C(NC(=O)C(Cc1ccccc1)NC(=O)C1CCCN1)C(=O)NC(C(=O)O)C(C)O. The smallest absolute Gasteiger partial charge is 0.328 e. The Bertz CT molecular complexity index is 841. The third kappa shape index (κ3) is 7.81. The zero-order valence-electron chi connectivity index (χ0n) is 19.9. The fourth-order valence-corrected chi connectivity index (χ4v) is 3.83. The molecule has 1 fully saturated rings. The minimum Gasteiger partial charge on any atom is -0.480 e. The second-order valence-electron chi connectivity index (χ2n) is 8.84. The van der Waals surface area contributed by atoms with Crippen molar-refractivity contribution in [2.75, 3.05) is 6.54 Å². The summed E-state index contributed by atoms with van der Waals surface area (Å²) < 4.78 is 0. The van der Waals surface area contributed by atoms with Crippen LogP contribution in [0.2, 0.25) is 0 Å². The Labute approximate surface area is 199 Å². The first-order valence-electron chi connectivity index (χ1n) is 11.7. The van der Waals surface area contributed by atoms with Crippen molar-refractivity contribution in [3.63, 3.8) is 0 Å².